The van der Waals surface area contributed by atoms with Crippen LogP contribution in [0.25, 0.3) is 87.4 Å². The number of hydrogen-bond acceptors (Lipinski definition) is 4. The van der Waals surface area contributed by atoms with Crippen molar-refractivity contribution in [1.29, 1.82) is 0 Å². The third-order valence-electron chi connectivity index (χ3n) is 8.75. The molecule has 0 aliphatic heterocycles. The first-order chi connectivity index (χ1) is 23.3. The fourth-order valence-electron chi connectivity index (χ4n) is 6.46. The molecule has 2 aromatic heterocycles. The van der Waals surface area contributed by atoms with Crippen molar-refractivity contribution < 1.29 is 0 Å². The second kappa shape index (κ2) is 11.4. The first-order valence-electron chi connectivity index (χ1n) is 15.7. The van der Waals surface area contributed by atoms with Crippen molar-refractivity contribution in [2.24, 2.45) is 0 Å². The van der Waals surface area contributed by atoms with Gasteiger partial charge in [-0.1, -0.05) is 146 Å². The van der Waals surface area contributed by atoms with E-state index in [9.17, 15) is 0 Å². The van der Waals surface area contributed by atoms with Crippen LogP contribution in [-0.2, 0) is 0 Å². The molecule has 0 saturated heterocycles. The molecule has 0 saturated carbocycles. The fraction of sp³-hybridized carbons (Fsp3) is 0. The largest absolute Gasteiger partial charge is 0.208 e. The highest BCUT2D eigenvalue weighted by atomic mass is 32.1. The lowest BCUT2D eigenvalue weighted by Gasteiger charge is -2.12. The Bertz CT molecular complexity index is 2560. The summed E-state index contributed by atoms with van der Waals surface area (Å²) in [6, 6.07) is 57.4. The summed E-state index contributed by atoms with van der Waals surface area (Å²) in [4.78, 5) is 15.3. The van der Waals surface area contributed by atoms with Crippen molar-refractivity contribution in [3.05, 3.63) is 164 Å². The highest BCUT2D eigenvalue weighted by Crippen LogP contribution is 2.40. The number of rotatable bonds is 5. The van der Waals surface area contributed by atoms with Gasteiger partial charge in [0.1, 0.15) is 0 Å². The second-order valence-electron chi connectivity index (χ2n) is 11.6. The molecule has 4 heteroatoms. The number of hydrogen-bond donors (Lipinski definition) is 0. The summed E-state index contributed by atoms with van der Waals surface area (Å²) in [7, 11) is 0. The standard InChI is InChI=1S/C43H27N3S/c1-2-11-28(12-3-1)29-23-25-31(26-24-29)41-44-42(46-43(45-41)36-20-9-14-30-13-4-5-17-34(30)36)33-16-8-15-32(27-33)35-19-10-22-39-40(35)37-18-6-7-21-38(37)47-39/h1-27H. The van der Waals surface area contributed by atoms with E-state index in [1.54, 1.807) is 0 Å². The van der Waals surface area contributed by atoms with Crippen LogP contribution in [0.4, 0.5) is 0 Å². The Hall–Kier alpha value is -5.97. The van der Waals surface area contributed by atoms with E-state index in [4.69, 9.17) is 15.0 Å². The van der Waals surface area contributed by atoms with Gasteiger partial charge in [-0.05, 0) is 51.2 Å². The summed E-state index contributed by atoms with van der Waals surface area (Å²) < 4.78 is 2.58. The molecule has 0 unspecified atom stereocenters. The maximum Gasteiger partial charge on any atom is 0.164 e. The van der Waals surface area contributed by atoms with Gasteiger partial charge >= 0.3 is 0 Å². The predicted molar refractivity (Wildman–Crippen MR) is 197 cm³/mol. The van der Waals surface area contributed by atoms with Crippen molar-refractivity contribution in [3.63, 3.8) is 0 Å². The number of nitrogens with zero attached hydrogens (tertiary/aromatic N) is 3. The van der Waals surface area contributed by atoms with Crippen LogP contribution in [0.15, 0.2) is 164 Å². The molecule has 0 atom stereocenters. The minimum atomic E-state index is 0.647. The van der Waals surface area contributed by atoms with Crippen LogP contribution in [0.2, 0.25) is 0 Å². The van der Waals surface area contributed by atoms with Gasteiger partial charge in [-0.2, -0.15) is 0 Å². The zero-order valence-electron chi connectivity index (χ0n) is 25.3. The van der Waals surface area contributed by atoms with Gasteiger partial charge in [-0.25, -0.2) is 15.0 Å². The van der Waals surface area contributed by atoms with E-state index in [0.717, 1.165) is 38.6 Å². The molecule has 3 nitrogen and oxygen atoms in total. The van der Waals surface area contributed by atoms with Crippen molar-refractivity contribution in [1.82, 2.24) is 15.0 Å². The van der Waals surface area contributed by atoms with Crippen LogP contribution in [-0.4, -0.2) is 15.0 Å². The molecular formula is C43H27N3S. The summed E-state index contributed by atoms with van der Waals surface area (Å²) >= 11 is 1.84. The van der Waals surface area contributed by atoms with Gasteiger partial charge in [0.05, 0.1) is 0 Å². The first kappa shape index (κ1) is 27.3. The third kappa shape index (κ3) is 4.96. The van der Waals surface area contributed by atoms with Crippen molar-refractivity contribution >= 4 is 42.3 Å². The summed E-state index contributed by atoms with van der Waals surface area (Å²) in [5.41, 5.74) is 7.56. The molecule has 0 N–H and O–H groups in total. The SMILES string of the molecule is c1ccc(-c2ccc(-c3nc(-c4cccc(-c5cccc6sc7ccccc7c56)c4)nc(-c4cccc5ccccc45)n3)cc2)cc1. The van der Waals surface area contributed by atoms with E-state index in [-0.39, 0.29) is 0 Å². The van der Waals surface area contributed by atoms with Gasteiger partial charge in [-0.15, -0.1) is 11.3 Å². The van der Waals surface area contributed by atoms with Crippen LogP contribution >= 0.6 is 11.3 Å². The molecule has 0 aliphatic carbocycles. The molecule has 0 radical (unpaired) electrons. The van der Waals surface area contributed by atoms with Crippen molar-refractivity contribution in [2.45, 2.75) is 0 Å². The molecule has 0 aliphatic rings. The Balaban J connectivity index is 1.21. The Morgan fingerprint density at radius 3 is 1.77 bits per heavy atom. The van der Waals surface area contributed by atoms with Gasteiger partial charge in [-0.3, -0.25) is 0 Å². The van der Waals surface area contributed by atoms with Crippen LogP contribution in [0.5, 0.6) is 0 Å². The molecule has 47 heavy (non-hydrogen) atoms. The normalized spacial score (nSPS) is 11.4. The van der Waals surface area contributed by atoms with E-state index in [1.165, 1.54) is 31.3 Å². The number of fused-ring (bicyclic) bond motifs is 4. The molecule has 9 aromatic rings. The average Bonchev–Trinajstić information content (AvgIpc) is 3.54. The van der Waals surface area contributed by atoms with E-state index in [2.05, 4.69) is 158 Å². The quantitative estimate of drug-likeness (QED) is 0.193. The fourth-order valence-corrected chi connectivity index (χ4v) is 7.59. The molecule has 0 spiro atoms. The van der Waals surface area contributed by atoms with Gasteiger partial charge in [0.2, 0.25) is 0 Å². The minimum absolute atomic E-state index is 0.647. The highest BCUT2D eigenvalue weighted by Gasteiger charge is 2.16. The number of benzene rings is 7. The van der Waals surface area contributed by atoms with Crippen molar-refractivity contribution in [2.75, 3.05) is 0 Å². The average molecular weight is 618 g/mol. The number of aromatic nitrogens is 3. The van der Waals surface area contributed by atoms with Gasteiger partial charge in [0.25, 0.3) is 0 Å². The highest BCUT2D eigenvalue weighted by molar-refractivity contribution is 7.25. The zero-order chi connectivity index (χ0) is 31.2. The topological polar surface area (TPSA) is 38.7 Å². The summed E-state index contributed by atoms with van der Waals surface area (Å²) in [6.45, 7) is 0. The molecule has 0 bridgehead atoms. The lowest BCUT2D eigenvalue weighted by Crippen LogP contribution is -2.00. The van der Waals surface area contributed by atoms with Gasteiger partial charge in [0.15, 0.2) is 17.5 Å². The van der Waals surface area contributed by atoms with Gasteiger partial charge < -0.3 is 0 Å². The summed E-state index contributed by atoms with van der Waals surface area (Å²) in [6.07, 6.45) is 0. The monoisotopic (exact) mass is 617 g/mol. The molecule has 7 aromatic carbocycles. The van der Waals surface area contributed by atoms with Crippen molar-refractivity contribution in [3.8, 4) is 56.4 Å². The lowest BCUT2D eigenvalue weighted by molar-refractivity contribution is 1.08. The Labute approximate surface area is 276 Å². The smallest absolute Gasteiger partial charge is 0.164 e. The molecular weight excluding hydrogens is 591 g/mol. The van der Waals surface area contributed by atoms with E-state index in [1.807, 2.05) is 17.4 Å². The lowest BCUT2D eigenvalue weighted by atomic mass is 9.98. The van der Waals surface area contributed by atoms with Crippen LogP contribution in [0, 0.1) is 0 Å². The zero-order valence-corrected chi connectivity index (χ0v) is 26.2. The molecule has 220 valence electrons. The molecule has 0 fully saturated rings. The van der Waals surface area contributed by atoms with E-state index in [0.29, 0.717) is 17.5 Å². The van der Waals surface area contributed by atoms with Gasteiger partial charge in [0, 0.05) is 36.9 Å². The number of thiophene rings is 1. The molecule has 0 amide bonds. The van der Waals surface area contributed by atoms with E-state index < -0.39 is 0 Å². The first-order valence-corrected chi connectivity index (χ1v) is 16.5. The summed E-state index contributed by atoms with van der Waals surface area (Å²) in [5.74, 6) is 1.95. The Kier molecular flexibility index (Phi) is 6.65. The minimum Gasteiger partial charge on any atom is -0.208 e. The third-order valence-corrected chi connectivity index (χ3v) is 9.89. The predicted octanol–water partition coefficient (Wildman–Crippen LogP) is 11.7. The Morgan fingerprint density at radius 1 is 0.340 bits per heavy atom. The summed E-state index contributed by atoms with van der Waals surface area (Å²) in [5, 5.41) is 4.84. The van der Waals surface area contributed by atoms with Crippen LogP contribution in [0.3, 0.4) is 0 Å². The Morgan fingerprint density at radius 2 is 0.894 bits per heavy atom. The molecule has 9 rings (SSSR count). The van der Waals surface area contributed by atoms with Crippen LogP contribution < -0.4 is 0 Å². The van der Waals surface area contributed by atoms with Crippen LogP contribution in [0.1, 0.15) is 0 Å². The maximum atomic E-state index is 5.13. The van der Waals surface area contributed by atoms with E-state index >= 15 is 0 Å². The second-order valence-corrected chi connectivity index (χ2v) is 12.7. The maximum absolute atomic E-state index is 5.13. The molecule has 2 heterocycles.